The molecule has 0 aromatic heterocycles. The molecule has 0 bridgehead atoms. The Bertz CT molecular complexity index is 1040. The lowest BCUT2D eigenvalue weighted by Gasteiger charge is -2.32. The Balaban J connectivity index is 2.07. The number of rotatable bonds is 7. The lowest BCUT2D eigenvalue weighted by Crippen LogP contribution is -2.49. The van der Waals surface area contributed by atoms with Crippen molar-refractivity contribution in [3.05, 3.63) is 72.3 Å². The lowest BCUT2D eigenvalue weighted by molar-refractivity contribution is -0.134. The standard InChI is InChI=1S/C18H19N3O6S2/c1-27-18(22)12-11-17-15-9-5-6-10-16(15)19-21(17)20(13-28(23)24)29(25,26)14-7-3-2-4-8-14/h2-12,17,19H,13H2,1H3,(H,23,24). The maximum Gasteiger partial charge on any atom is 0.330 e. The normalized spacial score (nSPS) is 17.8. The van der Waals surface area contributed by atoms with Crippen molar-refractivity contribution in [2.75, 3.05) is 18.4 Å². The van der Waals surface area contributed by atoms with Gasteiger partial charge in [0.05, 0.1) is 23.7 Å². The number of esters is 1. The second kappa shape index (κ2) is 8.84. The molecule has 29 heavy (non-hydrogen) atoms. The van der Waals surface area contributed by atoms with Crippen LogP contribution in [-0.2, 0) is 30.6 Å². The number of anilines is 1. The van der Waals surface area contributed by atoms with Crippen LogP contribution < -0.4 is 5.43 Å². The summed E-state index contributed by atoms with van der Waals surface area (Å²) >= 11 is -2.46. The molecule has 0 amide bonds. The molecule has 0 spiro atoms. The lowest BCUT2D eigenvalue weighted by atomic mass is 10.1. The summed E-state index contributed by atoms with van der Waals surface area (Å²) in [4.78, 5) is 11.5. The van der Waals surface area contributed by atoms with Gasteiger partial charge >= 0.3 is 5.97 Å². The number of para-hydroxylation sites is 1. The van der Waals surface area contributed by atoms with Gasteiger partial charge in [-0.3, -0.25) is 0 Å². The average Bonchev–Trinajstić information content (AvgIpc) is 3.08. The molecule has 0 saturated carbocycles. The number of ether oxygens (including phenoxy) is 1. The molecule has 3 rings (SSSR count). The number of hydrazine groups is 2. The first kappa shape index (κ1) is 21.1. The summed E-state index contributed by atoms with van der Waals surface area (Å²) in [6, 6.07) is 13.8. The van der Waals surface area contributed by atoms with Crippen molar-refractivity contribution in [1.29, 1.82) is 0 Å². The highest BCUT2D eigenvalue weighted by atomic mass is 32.2. The van der Waals surface area contributed by atoms with E-state index in [1.807, 2.05) is 0 Å². The fraction of sp³-hybridized carbons (Fsp3) is 0.167. The molecule has 2 aromatic carbocycles. The van der Waals surface area contributed by atoms with Crippen LogP contribution in [0.25, 0.3) is 0 Å². The summed E-state index contributed by atoms with van der Waals surface area (Å²) in [7, 11) is -2.95. The molecule has 2 atom stereocenters. The van der Waals surface area contributed by atoms with Crippen LogP contribution in [0.2, 0.25) is 0 Å². The van der Waals surface area contributed by atoms with Gasteiger partial charge in [-0.15, -0.1) is 5.12 Å². The van der Waals surface area contributed by atoms with Gasteiger partial charge in [-0.05, 0) is 18.2 Å². The van der Waals surface area contributed by atoms with Gasteiger partial charge in [-0.2, -0.15) is 0 Å². The minimum absolute atomic E-state index is 0.0427. The van der Waals surface area contributed by atoms with Crippen molar-refractivity contribution in [3.8, 4) is 0 Å². The van der Waals surface area contributed by atoms with Crippen molar-refractivity contribution in [2.45, 2.75) is 10.9 Å². The number of nitrogens with one attached hydrogen (secondary N) is 1. The highest BCUT2D eigenvalue weighted by Crippen LogP contribution is 2.38. The van der Waals surface area contributed by atoms with Crippen molar-refractivity contribution in [2.24, 2.45) is 0 Å². The third-order valence-electron chi connectivity index (χ3n) is 4.17. The molecule has 0 saturated heterocycles. The number of sulfonamides is 1. The van der Waals surface area contributed by atoms with Gasteiger partial charge in [0.15, 0.2) is 11.1 Å². The van der Waals surface area contributed by atoms with E-state index in [0.717, 1.165) is 4.41 Å². The quantitative estimate of drug-likeness (QED) is 0.383. The minimum atomic E-state index is -4.18. The number of benzene rings is 2. The number of fused-ring (bicyclic) bond motifs is 1. The number of carbonyl (C=O) groups excluding carboxylic acids is 1. The number of hydrogen-bond acceptors (Lipinski definition) is 7. The average molecular weight is 437 g/mol. The van der Waals surface area contributed by atoms with Gasteiger partial charge < -0.3 is 14.7 Å². The third-order valence-corrected chi connectivity index (χ3v) is 6.53. The van der Waals surface area contributed by atoms with Gasteiger partial charge in [0, 0.05) is 11.6 Å². The van der Waals surface area contributed by atoms with E-state index in [9.17, 15) is 22.0 Å². The predicted molar refractivity (Wildman–Crippen MR) is 107 cm³/mol. The summed E-state index contributed by atoms with van der Waals surface area (Å²) in [6.45, 7) is 0. The molecule has 1 heterocycles. The second-order valence-electron chi connectivity index (χ2n) is 5.96. The van der Waals surface area contributed by atoms with E-state index >= 15 is 0 Å². The van der Waals surface area contributed by atoms with E-state index in [1.54, 1.807) is 42.5 Å². The van der Waals surface area contributed by atoms with Gasteiger partial charge in [-0.25, -0.2) is 17.4 Å². The zero-order chi connectivity index (χ0) is 21.0. The smallest absolute Gasteiger partial charge is 0.330 e. The third kappa shape index (κ3) is 4.54. The van der Waals surface area contributed by atoms with Gasteiger partial charge in [0.25, 0.3) is 10.0 Å². The largest absolute Gasteiger partial charge is 0.466 e. The number of carbonyl (C=O) groups is 1. The first-order chi connectivity index (χ1) is 13.8. The number of hydrogen-bond donors (Lipinski definition) is 2. The second-order valence-corrected chi connectivity index (χ2v) is 8.71. The molecule has 2 N–H and O–H groups in total. The van der Waals surface area contributed by atoms with E-state index in [1.165, 1.54) is 36.5 Å². The Labute approximate surface area is 170 Å². The summed E-state index contributed by atoms with van der Waals surface area (Å²) in [6.07, 6.45) is 2.63. The first-order valence-corrected chi connectivity index (χ1v) is 11.1. The molecule has 2 unspecified atom stereocenters. The molecule has 2 aromatic rings. The molecular weight excluding hydrogens is 418 g/mol. The van der Waals surface area contributed by atoms with E-state index in [2.05, 4.69) is 10.2 Å². The molecule has 1 aliphatic heterocycles. The zero-order valence-corrected chi connectivity index (χ0v) is 17.0. The van der Waals surface area contributed by atoms with E-state index in [-0.39, 0.29) is 4.90 Å². The summed E-state index contributed by atoms with van der Waals surface area (Å²) in [5.74, 6) is -1.32. The molecule has 11 heteroatoms. The van der Waals surface area contributed by atoms with E-state index in [0.29, 0.717) is 11.3 Å². The molecule has 0 aliphatic carbocycles. The molecule has 1 aliphatic rings. The predicted octanol–water partition coefficient (Wildman–Crippen LogP) is 1.88. The molecule has 154 valence electrons. The van der Waals surface area contributed by atoms with Crippen LogP contribution in [0.5, 0.6) is 0 Å². The van der Waals surface area contributed by atoms with Crippen LogP contribution in [0.1, 0.15) is 11.6 Å². The van der Waals surface area contributed by atoms with Crippen LogP contribution in [0.4, 0.5) is 5.69 Å². The maximum atomic E-state index is 13.2. The van der Waals surface area contributed by atoms with Crippen molar-refractivity contribution in [3.63, 3.8) is 0 Å². The summed E-state index contributed by atoms with van der Waals surface area (Å²) in [5.41, 5.74) is 4.22. The van der Waals surface area contributed by atoms with E-state index < -0.39 is 39.0 Å². The summed E-state index contributed by atoms with van der Waals surface area (Å²) < 4.78 is 52.9. The Morgan fingerprint density at radius 3 is 2.55 bits per heavy atom. The molecule has 9 nitrogen and oxygen atoms in total. The van der Waals surface area contributed by atoms with Crippen LogP contribution in [0, 0.1) is 0 Å². The van der Waals surface area contributed by atoms with Crippen molar-refractivity contribution in [1.82, 2.24) is 9.53 Å². The van der Waals surface area contributed by atoms with Crippen molar-refractivity contribution < 1.29 is 26.7 Å². The zero-order valence-electron chi connectivity index (χ0n) is 15.3. The number of methoxy groups -OCH3 is 1. The molecule has 0 fully saturated rings. The van der Waals surface area contributed by atoms with Gasteiger partial charge in [0.2, 0.25) is 0 Å². The van der Waals surface area contributed by atoms with Crippen LogP contribution >= 0.6 is 0 Å². The highest BCUT2D eigenvalue weighted by molar-refractivity contribution is 7.90. The fourth-order valence-electron chi connectivity index (χ4n) is 2.85. The van der Waals surface area contributed by atoms with Crippen LogP contribution in [0.3, 0.4) is 0 Å². The fourth-order valence-corrected chi connectivity index (χ4v) is 5.11. The molecular formula is C18H19N3O6S2. The Hall–Kier alpha value is -2.57. The Morgan fingerprint density at radius 1 is 1.24 bits per heavy atom. The number of nitrogens with zero attached hydrogens (tertiary/aromatic N) is 2. The highest BCUT2D eigenvalue weighted by Gasteiger charge is 2.40. The minimum Gasteiger partial charge on any atom is -0.466 e. The van der Waals surface area contributed by atoms with E-state index in [4.69, 9.17) is 0 Å². The first-order valence-electron chi connectivity index (χ1n) is 8.40. The van der Waals surface area contributed by atoms with Gasteiger partial charge in [-0.1, -0.05) is 46.9 Å². The van der Waals surface area contributed by atoms with Crippen molar-refractivity contribution >= 4 is 32.8 Å². The van der Waals surface area contributed by atoms with Crippen LogP contribution in [0.15, 0.2) is 71.6 Å². The maximum absolute atomic E-state index is 13.2. The van der Waals surface area contributed by atoms with Gasteiger partial charge in [0.1, 0.15) is 5.88 Å². The SMILES string of the molecule is COC(=O)C=CC1c2ccccc2NN1N(CS(=O)O)S(=O)(=O)c1ccccc1. The Kier molecular flexibility index (Phi) is 6.45. The Morgan fingerprint density at radius 2 is 1.90 bits per heavy atom. The summed E-state index contributed by atoms with van der Waals surface area (Å²) in [5, 5.41) is 1.21. The topological polar surface area (TPSA) is 116 Å². The monoisotopic (exact) mass is 437 g/mol. The van der Waals surface area contributed by atoms with Crippen LogP contribution in [-0.4, -0.2) is 45.7 Å². The molecule has 0 radical (unpaired) electrons.